The summed E-state index contributed by atoms with van der Waals surface area (Å²) in [5.41, 5.74) is 2.42. The van der Waals surface area contributed by atoms with Gasteiger partial charge in [0.25, 0.3) is 0 Å². The number of ether oxygens (including phenoxy) is 2. The zero-order chi connectivity index (χ0) is 15.2. The van der Waals surface area contributed by atoms with E-state index >= 15 is 0 Å². The van der Waals surface area contributed by atoms with Crippen molar-refractivity contribution in [3.05, 3.63) is 41.1 Å². The molecule has 0 amide bonds. The minimum Gasteiger partial charge on any atom is -0.497 e. The molecule has 1 aromatic rings. The van der Waals surface area contributed by atoms with Gasteiger partial charge in [-0.2, -0.15) is 0 Å². The third-order valence-electron chi connectivity index (χ3n) is 3.21. The summed E-state index contributed by atoms with van der Waals surface area (Å²) in [6, 6.07) is 7.69. The third kappa shape index (κ3) is 4.19. The fourth-order valence-electron chi connectivity index (χ4n) is 1.96. The Morgan fingerprint density at radius 1 is 1.33 bits per heavy atom. The maximum atomic E-state index is 12.0. The van der Waals surface area contributed by atoms with Crippen molar-refractivity contribution in [3.8, 4) is 5.75 Å². The molecule has 0 atom stereocenters. The standard InChI is InChI=1S/C15H18N2O3S/c1-10-13(9-16-15(21)17-10)14(18)20-8-7-11-3-5-12(19-2)6-4-11/h3-6H,7-9H2,1-2H3,(H2,16,17,21). The highest BCUT2D eigenvalue weighted by atomic mass is 32.1. The molecule has 0 fully saturated rings. The molecule has 5 nitrogen and oxygen atoms in total. The van der Waals surface area contributed by atoms with Crippen LogP contribution in [0.3, 0.4) is 0 Å². The second kappa shape index (κ2) is 7.08. The molecule has 1 aromatic carbocycles. The second-order valence-corrected chi connectivity index (χ2v) is 5.05. The van der Waals surface area contributed by atoms with Crippen molar-refractivity contribution in [2.75, 3.05) is 20.3 Å². The first-order chi connectivity index (χ1) is 10.1. The summed E-state index contributed by atoms with van der Waals surface area (Å²) < 4.78 is 10.4. The van der Waals surface area contributed by atoms with Gasteiger partial charge in [0.2, 0.25) is 0 Å². The van der Waals surface area contributed by atoms with Gasteiger partial charge in [0.05, 0.1) is 25.8 Å². The van der Waals surface area contributed by atoms with Gasteiger partial charge in [-0.1, -0.05) is 12.1 Å². The summed E-state index contributed by atoms with van der Waals surface area (Å²) in [7, 11) is 1.63. The Labute approximate surface area is 129 Å². The van der Waals surface area contributed by atoms with E-state index in [0.29, 0.717) is 30.3 Å². The van der Waals surface area contributed by atoms with Crippen molar-refractivity contribution in [3.63, 3.8) is 0 Å². The summed E-state index contributed by atoms with van der Waals surface area (Å²) in [5, 5.41) is 6.36. The molecule has 2 N–H and O–H groups in total. The van der Waals surface area contributed by atoms with Crippen LogP contribution in [-0.2, 0) is 16.0 Å². The van der Waals surface area contributed by atoms with Gasteiger partial charge in [-0.3, -0.25) is 0 Å². The molecule has 0 saturated carbocycles. The first kappa shape index (κ1) is 15.3. The summed E-state index contributed by atoms with van der Waals surface area (Å²) in [6.45, 7) is 2.55. The number of benzene rings is 1. The van der Waals surface area contributed by atoms with Crippen molar-refractivity contribution in [2.45, 2.75) is 13.3 Å². The number of carbonyl (C=O) groups excluding carboxylic acids is 1. The summed E-state index contributed by atoms with van der Waals surface area (Å²) in [4.78, 5) is 12.0. The van der Waals surface area contributed by atoms with Crippen LogP contribution >= 0.6 is 12.2 Å². The van der Waals surface area contributed by atoms with Crippen LogP contribution in [0.5, 0.6) is 5.75 Å². The second-order valence-electron chi connectivity index (χ2n) is 4.65. The average Bonchev–Trinajstić information content (AvgIpc) is 2.47. The molecule has 6 heteroatoms. The first-order valence-corrected chi connectivity index (χ1v) is 7.05. The van der Waals surface area contributed by atoms with E-state index < -0.39 is 0 Å². The molecule has 112 valence electrons. The van der Waals surface area contributed by atoms with Crippen molar-refractivity contribution >= 4 is 23.3 Å². The number of methoxy groups -OCH3 is 1. The minimum absolute atomic E-state index is 0.316. The van der Waals surface area contributed by atoms with Gasteiger partial charge in [0.1, 0.15) is 5.75 Å². The number of nitrogens with one attached hydrogen (secondary N) is 2. The minimum atomic E-state index is -0.316. The number of allylic oxidation sites excluding steroid dienone is 1. The van der Waals surface area contributed by atoms with Gasteiger partial charge in [-0.25, -0.2) is 4.79 Å². The molecular weight excluding hydrogens is 288 g/mol. The molecule has 0 spiro atoms. The van der Waals surface area contributed by atoms with Crippen LogP contribution in [0, 0.1) is 0 Å². The largest absolute Gasteiger partial charge is 0.497 e. The highest BCUT2D eigenvalue weighted by Gasteiger charge is 2.19. The third-order valence-corrected chi connectivity index (χ3v) is 3.46. The van der Waals surface area contributed by atoms with Crippen molar-refractivity contribution in [1.82, 2.24) is 10.6 Å². The normalized spacial score (nSPS) is 14.3. The highest BCUT2D eigenvalue weighted by molar-refractivity contribution is 7.80. The molecule has 0 saturated heterocycles. The molecule has 0 aliphatic carbocycles. The Bertz CT molecular complexity index is 567. The molecule has 1 heterocycles. The molecule has 0 aromatic heterocycles. The lowest BCUT2D eigenvalue weighted by molar-refractivity contribution is -0.139. The smallest absolute Gasteiger partial charge is 0.337 e. The summed E-state index contributed by atoms with van der Waals surface area (Å²) >= 11 is 4.98. The highest BCUT2D eigenvalue weighted by Crippen LogP contribution is 2.12. The molecule has 0 unspecified atom stereocenters. The van der Waals surface area contributed by atoms with Gasteiger partial charge in [0, 0.05) is 12.1 Å². The molecule has 1 aliphatic rings. The number of hydrogen-bond donors (Lipinski definition) is 2. The lowest BCUT2D eigenvalue weighted by atomic mass is 10.1. The van der Waals surface area contributed by atoms with Crippen LogP contribution in [-0.4, -0.2) is 31.3 Å². The Morgan fingerprint density at radius 3 is 2.67 bits per heavy atom. The van der Waals surface area contributed by atoms with E-state index in [-0.39, 0.29) is 5.97 Å². The zero-order valence-corrected chi connectivity index (χ0v) is 12.9. The van der Waals surface area contributed by atoms with Gasteiger partial charge >= 0.3 is 5.97 Å². The SMILES string of the molecule is COc1ccc(CCOC(=O)C2=C(C)NC(=S)NC2)cc1. The lowest BCUT2D eigenvalue weighted by Crippen LogP contribution is -2.43. The van der Waals surface area contributed by atoms with E-state index in [0.717, 1.165) is 17.0 Å². The zero-order valence-electron chi connectivity index (χ0n) is 12.1. The number of thiocarbonyl (C=S) groups is 1. The van der Waals surface area contributed by atoms with Gasteiger partial charge in [-0.15, -0.1) is 0 Å². The van der Waals surface area contributed by atoms with E-state index in [9.17, 15) is 4.79 Å². The van der Waals surface area contributed by atoms with Crippen LogP contribution in [0.1, 0.15) is 12.5 Å². The fraction of sp³-hybridized carbons (Fsp3) is 0.333. The molecule has 21 heavy (non-hydrogen) atoms. The maximum Gasteiger partial charge on any atom is 0.337 e. The van der Waals surface area contributed by atoms with E-state index in [1.807, 2.05) is 31.2 Å². The molecule has 1 aliphatic heterocycles. The number of hydrogen-bond acceptors (Lipinski definition) is 4. The Hall–Kier alpha value is -2.08. The molecule has 2 rings (SSSR count). The van der Waals surface area contributed by atoms with Crippen LogP contribution in [0.25, 0.3) is 0 Å². The number of rotatable bonds is 5. The van der Waals surface area contributed by atoms with Crippen LogP contribution in [0.2, 0.25) is 0 Å². The Kier molecular flexibility index (Phi) is 5.16. The lowest BCUT2D eigenvalue weighted by Gasteiger charge is -2.20. The van der Waals surface area contributed by atoms with Crippen LogP contribution in [0.4, 0.5) is 0 Å². The monoisotopic (exact) mass is 306 g/mol. The van der Waals surface area contributed by atoms with E-state index in [1.54, 1.807) is 7.11 Å². The van der Waals surface area contributed by atoms with Crippen LogP contribution in [0.15, 0.2) is 35.5 Å². The Morgan fingerprint density at radius 2 is 2.05 bits per heavy atom. The fourth-order valence-corrected chi connectivity index (χ4v) is 2.18. The topological polar surface area (TPSA) is 59.6 Å². The molecular formula is C15H18N2O3S. The van der Waals surface area contributed by atoms with Crippen molar-refractivity contribution in [1.29, 1.82) is 0 Å². The number of esters is 1. The van der Waals surface area contributed by atoms with Gasteiger partial charge in [-0.05, 0) is 36.8 Å². The average molecular weight is 306 g/mol. The van der Waals surface area contributed by atoms with E-state index in [4.69, 9.17) is 21.7 Å². The Balaban J connectivity index is 1.84. The maximum absolute atomic E-state index is 12.0. The predicted molar refractivity (Wildman–Crippen MR) is 84.1 cm³/mol. The predicted octanol–water partition coefficient (Wildman–Crippen LogP) is 1.53. The quantitative estimate of drug-likeness (QED) is 0.635. The van der Waals surface area contributed by atoms with E-state index in [1.165, 1.54) is 0 Å². The first-order valence-electron chi connectivity index (χ1n) is 6.65. The summed E-state index contributed by atoms with van der Waals surface area (Å²) in [5.74, 6) is 0.496. The molecule has 0 bridgehead atoms. The van der Waals surface area contributed by atoms with Crippen molar-refractivity contribution < 1.29 is 14.3 Å². The van der Waals surface area contributed by atoms with Crippen LogP contribution < -0.4 is 15.4 Å². The number of carbonyl (C=O) groups is 1. The van der Waals surface area contributed by atoms with E-state index in [2.05, 4.69) is 10.6 Å². The molecule has 0 radical (unpaired) electrons. The van der Waals surface area contributed by atoms with Gasteiger partial charge in [0.15, 0.2) is 5.11 Å². The van der Waals surface area contributed by atoms with Crippen molar-refractivity contribution in [2.24, 2.45) is 0 Å². The van der Waals surface area contributed by atoms with Gasteiger partial charge < -0.3 is 20.1 Å². The summed E-state index contributed by atoms with van der Waals surface area (Å²) in [6.07, 6.45) is 0.668.